The molecule has 1 atom stereocenters. The number of nitrogens with zero attached hydrogens (tertiary/aromatic N) is 2. The minimum absolute atomic E-state index is 0.00182. The molecule has 0 bridgehead atoms. The van der Waals surface area contributed by atoms with E-state index in [0.29, 0.717) is 27.9 Å². The van der Waals surface area contributed by atoms with Crippen LogP contribution in [0.4, 0.5) is 5.69 Å². The molecule has 0 aromatic heterocycles. The summed E-state index contributed by atoms with van der Waals surface area (Å²) in [5.41, 5.74) is 0.480. The first-order valence-electron chi connectivity index (χ1n) is 10.4. The van der Waals surface area contributed by atoms with Crippen LogP contribution >= 0.6 is 24.0 Å². The summed E-state index contributed by atoms with van der Waals surface area (Å²) >= 11 is 6.60. The third-order valence-corrected chi connectivity index (χ3v) is 6.64. The predicted molar refractivity (Wildman–Crippen MR) is 130 cm³/mol. The minimum atomic E-state index is -0.759. The van der Waals surface area contributed by atoms with Crippen LogP contribution in [0.5, 0.6) is 11.5 Å². The molecule has 0 spiro atoms. The van der Waals surface area contributed by atoms with E-state index in [1.165, 1.54) is 43.1 Å². The van der Waals surface area contributed by atoms with Crippen molar-refractivity contribution in [2.45, 2.75) is 18.9 Å². The highest BCUT2D eigenvalue weighted by Crippen LogP contribution is 2.35. The van der Waals surface area contributed by atoms with Crippen molar-refractivity contribution in [2.75, 3.05) is 20.3 Å². The lowest BCUT2D eigenvalue weighted by Gasteiger charge is -2.18. The van der Waals surface area contributed by atoms with Crippen LogP contribution in [0.2, 0.25) is 0 Å². The molecule has 176 valence electrons. The van der Waals surface area contributed by atoms with Crippen LogP contribution in [0, 0.1) is 10.1 Å². The first-order valence-corrected chi connectivity index (χ1v) is 11.6. The molecule has 2 aliphatic heterocycles. The first-order chi connectivity index (χ1) is 16.4. The molecule has 2 aliphatic rings. The highest BCUT2D eigenvalue weighted by atomic mass is 32.2. The van der Waals surface area contributed by atoms with Gasteiger partial charge in [0.1, 0.15) is 4.32 Å². The summed E-state index contributed by atoms with van der Waals surface area (Å²) in [6.45, 7) is 1.14. The molecule has 0 N–H and O–H groups in total. The van der Waals surface area contributed by atoms with Crippen molar-refractivity contribution < 1.29 is 28.7 Å². The Morgan fingerprint density at radius 3 is 2.85 bits per heavy atom. The van der Waals surface area contributed by atoms with Crippen LogP contribution < -0.4 is 9.47 Å². The average Bonchev–Trinajstić information content (AvgIpc) is 3.44. The van der Waals surface area contributed by atoms with Gasteiger partial charge in [0.2, 0.25) is 0 Å². The van der Waals surface area contributed by atoms with E-state index in [9.17, 15) is 19.7 Å². The molecule has 0 saturated carbocycles. The normalized spacial score (nSPS) is 19.0. The van der Waals surface area contributed by atoms with Crippen molar-refractivity contribution in [3.63, 3.8) is 0 Å². The predicted octanol–water partition coefficient (Wildman–Crippen LogP) is 4.20. The standard InChI is InChI=1S/C23H20N2O7S2/c1-30-19-10-14(11-20-21(26)24(23(33)34-20)13-17-6-3-9-31-17)7-8-18(19)32-22(27)15-4-2-5-16(12-15)25(28)29/h2,4-5,7-8,10-12,17H,3,6,9,13H2,1H3. The number of methoxy groups -OCH3 is 1. The second-order valence-corrected chi connectivity index (χ2v) is 9.21. The lowest BCUT2D eigenvalue weighted by atomic mass is 10.1. The second kappa shape index (κ2) is 10.3. The number of thioether (sulfide) groups is 1. The smallest absolute Gasteiger partial charge is 0.343 e. The van der Waals surface area contributed by atoms with Crippen molar-refractivity contribution in [1.29, 1.82) is 0 Å². The minimum Gasteiger partial charge on any atom is -0.493 e. The van der Waals surface area contributed by atoms with Crippen molar-refractivity contribution in [1.82, 2.24) is 4.90 Å². The number of carbonyl (C=O) groups excluding carboxylic acids is 2. The highest BCUT2D eigenvalue weighted by molar-refractivity contribution is 8.26. The van der Waals surface area contributed by atoms with Crippen molar-refractivity contribution >= 4 is 51.9 Å². The molecule has 1 amide bonds. The van der Waals surface area contributed by atoms with Crippen LogP contribution in [0.3, 0.4) is 0 Å². The van der Waals surface area contributed by atoms with Gasteiger partial charge in [0, 0.05) is 18.7 Å². The Bertz CT molecular complexity index is 1190. The van der Waals surface area contributed by atoms with E-state index in [-0.39, 0.29) is 34.8 Å². The average molecular weight is 501 g/mol. The third kappa shape index (κ3) is 5.27. The Labute approximate surface area is 204 Å². The summed E-state index contributed by atoms with van der Waals surface area (Å²) in [6, 6.07) is 10.1. The topological polar surface area (TPSA) is 108 Å². The fraction of sp³-hybridized carbons (Fsp3) is 0.261. The quantitative estimate of drug-likeness (QED) is 0.138. The molecule has 2 aromatic carbocycles. The monoisotopic (exact) mass is 500 g/mol. The molecular weight excluding hydrogens is 480 g/mol. The molecule has 0 aliphatic carbocycles. The molecule has 11 heteroatoms. The molecule has 9 nitrogen and oxygen atoms in total. The molecule has 1 unspecified atom stereocenters. The van der Waals surface area contributed by atoms with Gasteiger partial charge in [-0.05, 0) is 42.7 Å². The summed E-state index contributed by atoms with van der Waals surface area (Å²) in [5, 5.41) is 10.9. The first kappa shape index (κ1) is 23.9. The van der Waals surface area contributed by atoms with Crippen LogP contribution in [-0.2, 0) is 9.53 Å². The summed E-state index contributed by atoms with van der Waals surface area (Å²) < 4.78 is 16.8. The van der Waals surface area contributed by atoms with Crippen molar-refractivity contribution in [3.8, 4) is 11.5 Å². The molecule has 2 aromatic rings. The molecule has 2 saturated heterocycles. The van der Waals surface area contributed by atoms with E-state index in [1.54, 1.807) is 23.1 Å². The SMILES string of the molecule is COc1cc(C=C2SC(=S)N(CC3CCCO3)C2=O)ccc1OC(=O)c1cccc([N+](=O)[O-])c1. The van der Waals surface area contributed by atoms with Gasteiger partial charge in [0.05, 0.1) is 35.2 Å². The van der Waals surface area contributed by atoms with Crippen LogP contribution in [0.1, 0.15) is 28.8 Å². The maximum Gasteiger partial charge on any atom is 0.343 e. The van der Waals surface area contributed by atoms with Gasteiger partial charge >= 0.3 is 5.97 Å². The molecule has 2 fully saturated rings. The number of esters is 1. The van der Waals surface area contributed by atoms with E-state index in [2.05, 4.69) is 0 Å². The van der Waals surface area contributed by atoms with E-state index < -0.39 is 10.9 Å². The summed E-state index contributed by atoms with van der Waals surface area (Å²) in [4.78, 5) is 37.7. The van der Waals surface area contributed by atoms with Crippen LogP contribution in [-0.4, -0.2) is 52.4 Å². The molecular formula is C23H20N2O7S2. The molecule has 0 radical (unpaired) electrons. The van der Waals surface area contributed by atoms with E-state index >= 15 is 0 Å². The molecule has 2 heterocycles. The number of thiocarbonyl (C=S) groups is 1. The number of hydrogen-bond donors (Lipinski definition) is 0. The van der Waals surface area contributed by atoms with Gasteiger partial charge in [-0.2, -0.15) is 0 Å². The van der Waals surface area contributed by atoms with Gasteiger partial charge in [-0.15, -0.1) is 0 Å². The number of hydrogen-bond acceptors (Lipinski definition) is 9. The van der Waals surface area contributed by atoms with E-state index in [4.69, 9.17) is 26.4 Å². The van der Waals surface area contributed by atoms with Gasteiger partial charge in [-0.25, -0.2) is 4.79 Å². The van der Waals surface area contributed by atoms with Gasteiger partial charge in [-0.3, -0.25) is 19.8 Å². The van der Waals surface area contributed by atoms with Gasteiger partial charge in [0.25, 0.3) is 11.6 Å². The lowest BCUT2D eigenvalue weighted by molar-refractivity contribution is -0.384. The van der Waals surface area contributed by atoms with Gasteiger partial charge in [-0.1, -0.05) is 36.1 Å². The number of benzene rings is 2. The van der Waals surface area contributed by atoms with E-state index in [0.717, 1.165) is 18.9 Å². The fourth-order valence-electron chi connectivity index (χ4n) is 3.56. The number of ether oxygens (including phenoxy) is 3. The molecule has 34 heavy (non-hydrogen) atoms. The summed E-state index contributed by atoms with van der Waals surface area (Å²) in [5.74, 6) is -0.528. The number of amides is 1. The number of carbonyl (C=O) groups is 2. The summed E-state index contributed by atoms with van der Waals surface area (Å²) in [6.07, 6.45) is 3.59. The van der Waals surface area contributed by atoms with Crippen molar-refractivity contribution in [3.05, 3.63) is 68.6 Å². The zero-order chi connectivity index (χ0) is 24.2. The largest absolute Gasteiger partial charge is 0.493 e. The van der Waals surface area contributed by atoms with Gasteiger partial charge in [0.15, 0.2) is 11.5 Å². The Hall–Kier alpha value is -3.28. The van der Waals surface area contributed by atoms with Crippen molar-refractivity contribution in [2.24, 2.45) is 0 Å². The third-order valence-electron chi connectivity index (χ3n) is 5.26. The van der Waals surface area contributed by atoms with Gasteiger partial charge < -0.3 is 14.2 Å². The zero-order valence-electron chi connectivity index (χ0n) is 18.1. The maximum atomic E-state index is 12.9. The fourth-order valence-corrected chi connectivity index (χ4v) is 4.84. The van der Waals surface area contributed by atoms with Crippen LogP contribution in [0.25, 0.3) is 6.08 Å². The Balaban J connectivity index is 1.50. The number of rotatable bonds is 7. The maximum absolute atomic E-state index is 12.9. The number of nitro benzene ring substituents is 1. The Kier molecular flexibility index (Phi) is 7.25. The van der Waals surface area contributed by atoms with E-state index in [1.807, 2.05) is 0 Å². The number of nitro groups is 1. The number of non-ortho nitro benzene ring substituents is 1. The summed E-state index contributed by atoms with van der Waals surface area (Å²) in [7, 11) is 1.42. The zero-order valence-corrected chi connectivity index (χ0v) is 19.7. The molecule has 4 rings (SSSR count). The highest BCUT2D eigenvalue weighted by Gasteiger charge is 2.34. The van der Waals surface area contributed by atoms with Crippen LogP contribution in [0.15, 0.2) is 47.4 Å². The Morgan fingerprint density at radius 1 is 1.32 bits per heavy atom. The lowest BCUT2D eigenvalue weighted by Crippen LogP contribution is -2.35. The Morgan fingerprint density at radius 2 is 2.15 bits per heavy atom. The second-order valence-electron chi connectivity index (χ2n) is 7.53.